The molecular formula is C16H20FN3O. The molecule has 21 heavy (non-hydrogen) atoms. The molecule has 0 radical (unpaired) electrons. The van der Waals surface area contributed by atoms with Gasteiger partial charge in [-0.05, 0) is 25.0 Å². The summed E-state index contributed by atoms with van der Waals surface area (Å²) in [7, 11) is 0. The lowest BCUT2D eigenvalue weighted by Gasteiger charge is -2.11. The van der Waals surface area contributed by atoms with Crippen LogP contribution in [0.4, 0.5) is 10.2 Å². The van der Waals surface area contributed by atoms with Gasteiger partial charge >= 0.3 is 0 Å². The molecule has 1 aromatic heterocycles. The van der Waals surface area contributed by atoms with Crippen molar-refractivity contribution in [1.29, 1.82) is 0 Å². The molecule has 0 fully saturated rings. The number of benzene rings is 1. The fourth-order valence-electron chi connectivity index (χ4n) is 1.84. The number of anilines is 1. The molecule has 0 saturated heterocycles. The Labute approximate surface area is 124 Å². The van der Waals surface area contributed by atoms with E-state index in [1.807, 2.05) is 6.92 Å². The molecule has 0 aliphatic rings. The average molecular weight is 289 g/mol. The van der Waals surface area contributed by atoms with E-state index in [1.54, 1.807) is 31.2 Å². The van der Waals surface area contributed by atoms with Crippen LogP contribution >= 0.6 is 0 Å². The zero-order valence-corrected chi connectivity index (χ0v) is 12.6. The molecule has 1 aromatic carbocycles. The van der Waals surface area contributed by atoms with Gasteiger partial charge in [0.2, 0.25) is 5.88 Å². The minimum Gasteiger partial charge on any atom is -0.436 e. The molecular weight excluding hydrogens is 269 g/mol. The van der Waals surface area contributed by atoms with Crippen LogP contribution in [0.5, 0.6) is 11.6 Å². The topological polar surface area (TPSA) is 47.0 Å². The Kier molecular flexibility index (Phi) is 5.09. The molecule has 0 saturated carbocycles. The van der Waals surface area contributed by atoms with Gasteiger partial charge in [0.05, 0.1) is 0 Å². The third-order valence-corrected chi connectivity index (χ3v) is 2.99. The maximum atomic E-state index is 14.0. The minimum atomic E-state index is -0.364. The van der Waals surface area contributed by atoms with Gasteiger partial charge in [0.1, 0.15) is 11.6 Å². The molecule has 0 aliphatic carbocycles. The van der Waals surface area contributed by atoms with Gasteiger partial charge in [-0.15, -0.1) is 0 Å². The van der Waals surface area contributed by atoms with Gasteiger partial charge < -0.3 is 10.1 Å². The number of halogens is 1. The van der Waals surface area contributed by atoms with E-state index in [-0.39, 0.29) is 11.6 Å². The summed E-state index contributed by atoms with van der Waals surface area (Å²) in [4.78, 5) is 8.66. The van der Waals surface area contributed by atoms with Crippen molar-refractivity contribution in [3.05, 3.63) is 41.5 Å². The number of aromatic nitrogens is 2. The molecule has 0 atom stereocenters. The van der Waals surface area contributed by atoms with Crippen molar-refractivity contribution in [1.82, 2.24) is 9.97 Å². The van der Waals surface area contributed by atoms with Gasteiger partial charge in [-0.3, -0.25) is 0 Å². The van der Waals surface area contributed by atoms with Gasteiger partial charge in [-0.25, -0.2) is 9.37 Å². The first-order chi connectivity index (χ1) is 10.1. The monoisotopic (exact) mass is 289 g/mol. The highest BCUT2D eigenvalue weighted by molar-refractivity contribution is 5.41. The number of hydrogen-bond acceptors (Lipinski definition) is 4. The first-order valence-corrected chi connectivity index (χ1v) is 7.18. The van der Waals surface area contributed by atoms with Crippen LogP contribution in [-0.2, 0) is 6.42 Å². The van der Waals surface area contributed by atoms with Crippen molar-refractivity contribution in [3.8, 4) is 11.6 Å². The summed E-state index contributed by atoms with van der Waals surface area (Å²) in [5.74, 6) is 1.53. The summed E-state index contributed by atoms with van der Waals surface area (Å²) >= 11 is 0. The Balaban J connectivity index is 2.28. The van der Waals surface area contributed by atoms with Crippen molar-refractivity contribution in [3.63, 3.8) is 0 Å². The number of rotatable bonds is 6. The van der Waals surface area contributed by atoms with E-state index in [4.69, 9.17) is 4.74 Å². The molecule has 0 aliphatic heterocycles. The average Bonchev–Trinajstić information content (AvgIpc) is 2.49. The first kappa shape index (κ1) is 15.2. The Hall–Kier alpha value is -2.17. The summed E-state index contributed by atoms with van der Waals surface area (Å²) in [5, 5.41) is 3.20. The SMILES string of the molecule is CCCNc1cc(Oc2cccc(C)c2F)nc(CC)n1. The Morgan fingerprint density at radius 3 is 2.76 bits per heavy atom. The van der Waals surface area contributed by atoms with Crippen LogP contribution < -0.4 is 10.1 Å². The zero-order valence-electron chi connectivity index (χ0n) is 12.6. The van der Waals surface area contributed by atoms with E-state index >= 15 is 0 Å². The van der Waals surface area contributed by atoms with Crippen molar-refractivity contribution in [2.45, 2.75) is 33.6 Å². The normalized spacial score (nSPS) is 10.5. The molecule has 0 spiro atoms. The molecule has 0 bridgehead atoms. The molecule has 112 valence electrons. The van der Waals surface area contributed by atoms with Gasteiger partial charge in [0.15, 0.2) is 11.6 Å². The Morgan fingerprint density at radius 2 is 2.05 bits per heavy atom. The van der Waals surface area contributed by atoms with Crippen molar-refractivity contribution in [2.24, 2.45) is 0 Å². The standard InChI is InChI=1S/C16H20FN3O/c1-4-9-18-14-10-15(20-13(5-2)19-14)21-12-8-6-7-11(3)16(12)17/h6-8,10H,4-5,9H2,1-3H3,(H,18,19,20). The van der Waals surface area contributed by atoms with Crippen molar-refractivity contribution in [2.75, 3.05) is 11.9 Å². The van der Waals surface area contributed by atoms with Crippen LogP contribution in [0.2, 0.25) is 0 Å². The second-order valence-corrected chi connectivity index (χ2v) is 4.78. The number of aryl methyl sites for hydroxylation is 2. The fraction of sp³-hybridized carbons (Fsp3) is 0.375. The van der Waals surface area contributed by atoms with Crippen molar-refractivity contribution < 1.29 is 9.13 Å². The Bertz CT molecular complexity index is 616. The molecule has 0 unspecified atom stereocenters. The van der Waals surface area contributed by atoms with E-state index < -0.39 is 0 Å². The lowest BCUT2D eigenvalue weighted by Crippen LogP contribution is -2.06. The van der Waals surface area contributed by atoms with Crippen LogP contribution in [0, 0.1) is 12.7 Å². The quantitative estimate of drug-likeness (QED) is 0.869. The Morgan fingerprint density at radius 1 is 1.24 bits per heavy atom. The molecule has 1 heterocycles. The smallest absolute Gasteiger partial charge is 0.224 e. The largest absolute Gasteiger partial charge is 0.436 e. The van der Waals surface area contributed by atoms with Crippen molar-refractivity contribution >= 4 is 5.82 Å². The number of ether oxygens (including phenoxy) is 1. The molecule has 4 nitrogen and oxygen atoms in total. The zero-order chi connectivity index (χ0) is 15.2. The maximum absolute atomic E-state index is 14.0. The number of hydrogen-bond donors (Lipinski definition) is 1. The highest BCUT2D eigenvalue weighted by atomic mass is 19.1. The number of nitrogens with zero attached hydrogens (tertiary/aromatic N) is 2. The van der Waals surface area contributed by atoms with Gasteiger partial charge in [-0.1, -0.05) is 26.0 Å². The number of nitrogens with one attached hydrogen (secondary N) is 1. The summed E-state index contributed by atoms with van der Waals surface area (Å²) in [5.41, 5.74) is 0.543. The van der Waals surface area contributed by atoms with Crippen LogP contribution in [0.15, 0.2) is 24.3 Å². The maximum Gasteiger partial charge on any atom is 0.224 e. The van der Waals surface area contributed by atoms with Gasteiger partial charge in [-0.2, -0.15) is 4.98 Å². The fourth-order valence-corrected chi connectivity index (χ4v) is 1.84. The van der Waals surface area contributed by atoms with E-state index in [0.29, 0.717) is 29.5 Å². The van der Waals surface area contributed by atoms with E-state index in [2.05, 4.69) is 22.2 Å². The molecule has 2 rings (SSSR count). The van der Waals surface area contributed by atoms with Gasteiger partial charge in [0.25, 0.3) is 0 Å². The molecule has 2 aromatic rings. The highest BCUT2D eigenvalue weighted by Crippen LogP contribution is 2.26. The van der Waals surface area contributed by atoms with Crippen LogP contribution in [-0.4, -0.2) is 16.5 Å². The van der Waals surface area contributed by atoms with E-state index in [9.17, 15) is 4.39 Å². The molecule has 5 heteroatoms. The molecule has 1 N–H and O–H groups in total. The minimum absolute atomic E-state index is 0.178. The van der Waals surface area contributed by atoms with E-state index in [1.165, 1.54) is 0 Å². The van der Waals surface area contributed by atoms with Crippen LogP contribution in [0.25, 0.3) is 0 Å². The first-order valence-electron chi connectivity index (χ1n) is 7.18. The van der Waals surface area contributed by atoms with Gasteiger partial charge in [0, 0.05) is 19.0 Å². The highest BCUT2D eigenvalue weighted by Gasteiger charge is 2.10. The second-order valence-electron chi connectivity index (χ2n) is 4.78. The lowest BCUT2D eigenvalue weighted by molar-refractivity contribution is 0.423. The lowest BCUT2D eigenvalue weighted by atomic mass is 10.2. The summed E-state index contributed by atoms with van der Waals surface area (Å²) < 4.78 is 19.6. The van der Waals surface area contributed by atoms with Crippen LogP contribution in [0.3, 0.4) is 0 Å². The summed E-state index contributed by atoms with van der Waals surface area (Å²) in [6.07, 6.45) is 1.68. The third-order valence-electron chi connectivity index (χ3n) is 2.99. The predicted molar refractivity (Wildman–Crippen MR) is 81.4 cm³/mol. The summed E-state index contributed by atoms with van der Waals surface area (Å²) in [6, 6.07) is 6.74. The molecule has 0 amide bonds. The van der Waals surface area contributed by atoms with Crippen LogP contribution in [0.1, 0.15) is 31.7 Å². The summed E-state index contributed by atoms with van der Waals surface area (Å²) in [6.45, 7) is 6.57. The third kappa shape index (κ3) is 3.90. The van der Waals surface area contributed by atoms with E-state index in [0.717, 1.165) is 13.0 Å². The predicted octanol–water partition coefficient (Wildman–Crippen LogP) is 4.10. The second kappa shape index (κ2) is 7.02.